The first kappa shape index (κ1) is 45.2. The summed E-state index contributed by atoms with van der Waals surface area (Å²) in [5, 5.41) is 3.07. The zero-order valence-corrected chi connectivity index (χ0v) is 33.9. The van der Waals surface area contributed by atoms with Gasteiger partial charge in [0, 0.05) is 19.5 Å². The Bertz CT molecular complexity index is 949. The van der Waals surface area contributed by atoms with Crippen LogP contribution in [0, 0.1) is 38.4 Å². The van der Waals surface area contributed by atoms with E-state index in [-0.39, 0.29) is 44.1 Å². The Morgan fingerprint density at radius 2 is 1.39 bits per heavy atom. The molecule has 4 unspecified atom stereocenters. The van der Waals surface area contributed by atoms with E-state index in [2.05, 4.69) is 108 Å². The van der Waals surface area contributed by atoms with Gasteiger partial charge in [-0.1, -0.05) is 114 Å². The molecule has 0 aromatic rings. The summed E-state index contributed by atoms with van der Waals surface area (Å²) in [6.07, 6.45) is 9.39. The topological polar surface area (TPSA) is 81.4 Å². The van der Waals surface area contributed by atoms with Crippen molar-refractivity contribution in [2.75, 3.05) is 26.2 Å². The van der Waals surface area contributed by atoms with E-state index in [1.54, 1.807) is 0 Å². The van der Waals surface area contributed by atoms with E-state index in [1.165, 1.54) is 24.8 Å². The lowest BCUT2D eigenvalue weighted by molar-refractivity contribution is -0.169. The fourth-order valence-corrected chi connectivity index (χ4v) is 7.27. The second-order valence-corrected chi connectivity index (χ2v) is 18.6. The number of esters is 1. The number of nitrogens with two attached hydrogens (primary N) is 1. The van der Waals surface area contributed by atoms with Gasteiger partial charge < -0.3 is 15.8 Å². The first-order chi connectivity index (χ1) is 20.9. The first-order valence-electron chi connectivity index (χ1n) is 18.3. The number of allylic oxidation sites excluding steroid dienone is 1. The van der Waals surface area contributed by atoms with Gasteiger partial charge in [-0.2, -0.15) is 12.6 Å². The Hall–Kier alpha value is -0.850. The predicted octanol–water partition coefficient (Wildman–Crippen LogP) is 10.2. The number of hydrogen-bond donors (Lipinski definition) is 3. The number of hydrogen-bond acceptors (Lipinski definition) is 6. The normalized spacial score (nSPS) is 17.1. The van der Waals surface area contributed by atoms with Gasteiger partial charge in [-0.05, 0) is 91.9 Å². The van der Waals surface area contributed by atoms with Crippen LogP contribution in [0.1, 0.15) is 161 Å². The van der Waals surface area contributed by atoms with Crippen molar-refractivity contribution in [3.63, 3.8) is 0 Å². The molecule has 0 bridgehead atoms. The Morgan fingerprint density at radius 1 is 0.826 bits per heavy atom. The molecule has 0 saturated carbocycles. The lowest BCUT2D eigenvalue weighted by Crippen LogP contribution is -2.54. The van der Waals surface area contributed by atoms with Crippen LogP contribution in [-0.4, -0.2) is 43.2 Å². The largest absolute Gasteiger partial charge is 0.465 e. The average Bonchev–Trinajstić information content (AvgIpc) is 2.93. The van der Waals surface area contributed by atoms with Crippen molar-refractivity contribution in [1.82, 2.24) is 5.32 Å². The van der Waals surface area contributed by atoms with E-state index >= 15 is 0 Å². The number of ketones is 1. The van der Waals surface area contributed by atoms with Crippen LogP contribution in [0.25, 0.3) is 0 Å². The molecule has 0 heterocycles. The quantitative estimate of drug-likeness (QED) is 0.0413. The average molecular weight is 667 g/mol. The molecule has 0 rings (SSSR count). The molecule has 0 aliphatic carbocycles. The standard InChI is InChI=1S/C40H78N2O3S/c1-16-17-21-30(2)36(8,9)28-39(14,31(3)22-18-19-23-33(43)32(4)46)38(12,13)37(10,11)29-40(15,35(5,6)7)34(44)45-27-20-25-42-26-24-41/h30,32,42,46H,3,16-29,41H2,1-2,4-15H3. The molecule has 0 spiro atoms. The van der Waals surface area contributed by atoms with Crippen LogP contribution >= 0.6 is 12.6 Å². The number of rotatable bonds is 24. The highest BCUT2D eigenvalue weighted by molar-refractivity contribution is 7.81. The summed E-state index contributed by atoms with van der Waals surface area (Å²) < 4.78 is 6.00. The molecule has 0 radical (unpaired) electrons. The minimum absolute atomic E-state index is 0.0990. The molecule has 0 aliphatic heterocycles. The summed E-state index contributed by atoms with van der Waals surface area (Å²) >= 11 is 4.34. The molecule has 5 nitrogen and oxygen atoms in total. The number of unbranched alkanes of at least 4 members (excludes halogenated alkanes) is 2. The lowest BCUT2D eigenvalue weighted by Gasteiger charge is -2.60. The van der Waals surface area contributed by atoms with E-state index < -0.39 is 5.41 Å². The predicted molar refractivity (Wildman–Crippen MR) is 203 cm³/mol. The van der Waals surface area contributed by atoms with E-state index in [4.69, 9.17) is 17.0 Å². The third-order valence-electron chi connectivity index (χ3n) is 12.6. The van der Waals surface area contributed by atoms with Crippen molar-refractivity contribution in [3.8, 4) is 0 Å². The van der Waals surface area contributed by atoms with Gasteiger partial charge in [0.15, 0.2) is 0 Å². The summed E-state index contributed by atoms with van der Waals surface area (Å²) in [5.41, 5.74) is 5.30. The maximum Gasteiger partial charge on any atom is 0.312 e. The van der Waals surface area contributed by atoms with Gasteiger partial charge in [-0.25, -0.2) is 0 Å². The van der Waals surface area contributed by atoms with Crippen molar-refractivity contribution in [1.29, 1.82) is 0 Å². The monoisotopic (exact) mass is 667 g/mol. The second kappa shape index (κ2) is 18.8. The molecule has 3 N–H and O–H groups in total. The molecule has 4 atom stereocenters. The number of nitrogens with one attached hydrogen (secondary N) is 1. The van der Waals surface area contributed by atoms with Crippen LogP contribution in [-0.2, 0) is 14.3 Å². The fourth-order valence-electron chi connectivity index (χ4n) is 7.14. The van der Waals surface area contributed by atoms with Crippen molar-refractivity contribution in [2.45, 2.75) is 166 Å². The van der Waals surface area contributed by atoms with Gasteiger partial charge in [-0.15, -0.1) is 0 Å². The highest BCUT2D eigenvalue weighted by Crippen LogP contribution is 2.64. The number of carbonyl (C=O) groups excluding carboxylic acids is 2. The van der Waals surface area contributed by atoms with Crippen molar-refractivity contribution in [2.24, 2.45) is 44.1 Å². The number of ether oxygens (including phenoxy) is 1. The van der Waals surface area contributed by atoms with Crippen molar-refractivity contribution < 1.29 is 14.3 Å². The number of carbonyl (C=O) groups is 2. The van der Waals surface area contributed by atoms with Crippen LogP contribution in [0.4, 0.5) is 0 Å². The summed E-state index contributed by atoms with van der Waals surface area (Å²) in [7, 11) is 0. The zero-order valence-electron chi connectivity index (χ0n) is 33.0. The Balaban J connectivity index is 6.51. The maximum absolute atomic E-state index is 14.0. The van der Waals surface area contributed by atoms with Crippen LogP contribution in [0.2, 0.25) is 0 Å². The molecule has 0 aliphatic rings. The van der Waals surface area contributed by atoms with E-state index in [0.717, 1.165) is 45.2 Å². The highest BCUT2D eigenvalue weighted by Gasteiger charge is 2.58. The highest BCUT2D eigenvalue weighted by atomic mass is 32.1. The lowest BCUT2D eigenvalue weighted by atomic mass is 9.44. The van der Waals surface area contributed by atoms with E-state index in [1.807, 2.05) is 6.92 Å². The summed E-state index contributed by atoms with van der Waals surface area (Å²) in [6, 6.07) is 0. The third-order valence-corrected chi connectivity index (χ3v) is 12.8. The minimum atomic E-state index is -0.686. The van der Waals surface area contributed by atoms with Crippen LogP contribution in [0.15, 0.2) is 12.2 Å². The van der Waals surface area contributed by atoms with Gasteiger partial charge in [0.05, 0.1) is 17.3 Å². The molecular formula is C40H78N2O3S. The van der Waals surface area contributed by atoms with Crippen LogP contribution in [0.5, 0.6) is 0 Å². The summed E-state index contributed by atoms with van der Waals surface area (Å²) in [4.78, 5) is 26.2. The molecule has 0 amide bonds. The molecule has 272 valence electrons. The second-order valence-electron chi connectivity index (χ2n) is 17.8. The van der Waals surface area contributed by atoms with E-state index in [0.29, 0.717) is 31.9 Å². The molecular weight excluding hydrogens is 589 g/mol. The van der Waals surface area contributed by atoms with Gasteiger partial charge >= 0.3 is 5.97 Å². The Kier molecular flexibility index (Phi) is 18.4. The number of Topliss-reactive ketones (excluding diaryl/α,β-unsaturated/α-hetero) is 1. The zero-order chi connectivity index (χ0) is 36.2. The Labute approximate surface area is 292 Å². The van der Waals surface area contributed by atoms with Gasteiger partial charge in [0.25, 0.3) is 0 Å². The van der Waals surface area contributed by atoms with Crippen LogP contribution in [0.3, 0.4) is 0 Å². The van der Waals surface area contributed by atoms with Crippen molar-refractivity contribution >= 4 is 24.4 Å². The molecule has 0 saturated heterocycles. The SMILES string of the molecule is C=C(CCCCC(=O)C(C)S)C(C)(CC(C)(C)C(C)CCCC)C(C)(C)C(C)(C)CC(C)(C(=O)OCCCNCCN)C(C)(C)C. The Morgan fingerprint density at radius 3 is 1.89 bits per heavy atom. The summed E-state index contributed by atoms with van der Waals surface area (Å²) in [5.74, 6) is 0.672. The maximum atomic E-state index is 14.0. The molecule has 0 aromatic heterocycles. The van der Waals surface area contributed by atoms with Crippen molar-refractivity contribution in [3.05, 3.63) is 12.2 Å². The van der Waals surface area contributed by atoms with Gasteiger partial charge in [-0.3, -0.25) is 9.59 Å². The summed E-state index contributed by atoms with van der Waals surface area (Å²) in [6.45, 7) is 39.4. The smallest absolute Gasteiger partial charge is 0.312 e. The molecule has 0 aromatic carbocycles. The fraction of sp³-hybridized carbons (Fsp3) is 0.900. The van der Waals surface area contributed by atoms with Gasteiger partial charge in [0.1, 0.15) is 5.78 Å². The molecule has 46 heavy (non-hydrogen) atoms. The first-order valence-corrected chi connectivity index (χ1v) is 18.9. The van der Waals surface area contributed by atoms with E-state index in [9.17, 15) is 9.59 Å². The minimum Gasteiger partial charge on any atom is -0.465 e. The molecule has 0 fully saturated rings. The molecule has 6 heteroatoms. The van der Waals surface area contributed by atoms with Crippen LogP contribution < -0.4 is 11.1 Å². The third kappa shape index (κ3) is 12.2. The number of thiol groups is 1. The van der Waals surface area contributed by atoms with Gasteiger partial charge in [0.2, 0.25) is 0 Å².